The maximum Gasteiger partial charge on any atom is 0.376 e. The summed E-state index contributed by atoms with van der Waals surface area (Å²) in [4.78, 5) is 14.3. The zero-order valence-corrected chi connectivity index (χ0v) is 8.44. The summed E-state index contributed by atoms with van der Waals surface area (Å²) in [6, 6.07) is 4.57. The molecule has 0 amide bonds. The molecule has 1 aromatic rings. The minimum absolute atomic E-state index is 0.0139. The van der Waals surface area contributed by atoms with E-state index >= 15 is 0 Å². The van der Waals surface area contributed by atoms with Gasteiger partial charge in [-0.15, -0.1) is 0 Å². The molecule has 0 fully saturated rings. The third-order valence-corrected chi connectivity index (χ3v) is 1.54. The normalized spacial score (nSPS) is 8.57. The first kappa shape index (κ1) is 12.4. The SMILES string of the molecule is CC.Cc1cccc(O)c1C(=O)OO. The second-order valence-electron chi connectivity index (χ2n) is 2.35. The molecule has 0 unspecified atom stereocenters. The Morgan fingerprint density at radius 2 is 1.93 bits per heavy atom. The lowest BCUT2D eigenvalue weighted by Gasteiger charge is -2.03. The zero-order valence-electron chi connectivity index (χ0n) is 8.44. The van der Waals surface area contributed by atoms with E-state index in [1.54, 1.807) is 19.1 Å². The lowest BCUT2D eigenvalue weighted by Crippen LogP contribution is -2.04. The van der Waals surface area contributed by atoms with Crippen LogP contribution >= 0.6 is 0 Å². The van der Waals surface area contributed by atoms with E-state index in [1.165, 1.54) is 6.07 Å². The number of phenolic OH excluding ortho intramolecular Hbond substituents is 1. The van der Waals surface area contributed by atoms with Gasteiger partial charge in [0.15, 0.2) is 0 Å². The number of carbonyl (C=O) groups excluding carboxylic acids is 1. The van der Waals surface area contributed by atoms with Gasteiger partial charge in [-0.05, 0) is 18.6 Å². The molecule has 0 aliphatic rings. The summed E-state index contributed by atoms with van der Waals surface area (Å²) >= 11 is 0. The van der Waals surface area contributed by atoms with E-state index < -0.39 is 5.97 Å². The highest BCUT2D eigenvalue weighted by atomic mass is 17.1. The van der Waals surface area contributed by atoms with Gasteiger partial charge < -0.3 is 5.11 Å². The molecule has 2 N–H and O–H groups in total. The number of hydrogen-bond acceptors (Lipinski definition) is 4. The van der Waals surface area contributed by atoms with Crippen LogP contribution in [0.25, 0.3) is 0 Å². The monoisotopic (exact) mass is 198 g/mol. The van der Waals surface area contributed by atoms with E-state index in [0.29, 0.717) is 5.56 Å². The van der Waals surface area contributed by atoms with Gasteiger partial charge in [0.25, 0.3) is 0 Å². The van der Waals surface area contributed by atoms with Gasteiger partial charge in [-0.3, -0.25) is 4.89 Å². The Morgan fingerprint density at radius 1 is 1.36 bits per heavy atom. The second kappa shape index (κ2) is 5.99. The summed E-state index contributed by atoms with van der Waals surface area (Å²) < 4.78 is 0. The Labute approximate surface area is 82.7 Å². The van der Waals surface area contributed by atoms with Crippen LogP contribution in [0.3, 0.4) is 0 Å². The number of carbonyl (C=O) groups is 1. The molecule has 1 aromatic carbocycles. The molecule has 0 aliphatic heterocycles. The van der Waals surface area contributed by atoms with Gasteiger partial charge in [-0.2, -0.15) is 5.26 Å². The van der Waals surface area contributed by atoms with Crippen LogP contribution in [0.4, 0.5) is 0 Å². The number of phenols is 1. The number of rotatable bonds is 1. The maximum absolute atomic E-state index is 10.8. The molecule has 0 heterocycles. The first-order valence-corrected chi connectivity index (χ1v) is 4.31. The van der Waals surface area contributed by atoms with Crippen molar-refractivity contribution >= 4 is 5.97 Å². The van der Waals surface area contributed by atoms with Crippen molar-refractivity contribution in [3.63, 3.8) is 0 Å². The van der Waals surface area contributed by atoms with Crippen LogP contribution in [0.5, 0.6) is 5.75 Å². The Balaban J connectivity index is 0.000000791. The molecule has 0 spiro atoms. The molecule has 14 heavy (non-hydrogen) atoms. The second-order valence-corrected chi connectivity index (χ2v) is 2.35. The van der Waals surface area contributed by atoms with Crippen LogP contribution in [-0.4, -0.2) is 16.3 Å². The Morgan fingerprint density at radius 3 is 2.36 bits per heavy atom. The number of aromatic hydroxyl groups is 1. The van der Waals surface area contributed by atoms with Crippen LogP contribution in [0.1, 0.15) is 29.8 Å². The molecule has 4 nitrogen and oxygen atoms in total. The third kappa shape index (κ3) is 2.74. The van der Waals surface area contributed by atoms with Gasteiger partial charge in [0.2, 0.25) is 0 Å². The Hall–Kier alpha value is -1.55. The summed E-state index contributed by atoms with van der Waals surface area (Å²) in [5, 5.41) is 17.3. The molecular formula is C10H14O4. The lowest BCUT2D eigenvalue weighted by molar-refractivity contribution is -0.183. The predicted octanol–water partition coefficient (Wildman–Crippen LogP) is 2.36. The van der Waals surface area contributed by atoms with E-state index in [1.807, 2.05) is 13.8 Å². The topological polar surface area (TPSA) is 66.8 Å². The van der Waals surface area contributed by atoms with Crippen LogP contribution in [0, 0.1) is 6.92 Å². The van der Waals surface area contributed by atoms with E-state index in [4.69, 9.17) is 5.26 Å². The Bertz CT molecular complexity index is 287. The fourth-order valence-electron chi connectivity index (χ4n) is 0.963. The molecule has 0 atom stereocenters. The quantitative estimate of drug-likeness (QED) is 0.537. The molecule has 78 valence electrons. The van der Waals surface area contributed by atoms with E-state index in [0.717, 1.165) is 0 Å². The van der Waals surface area contributed by atoms with Crippen molar-refractivity contribution in [3.8, 4) is 5.75 Å². The summed E-state index contributed by atoms with van der Waals surface area (Å²) in [6.45, 7) is 5.63. The van der Waals surface area contributed by atoms with Crippen LogP contribution in [0.2, 0.25) is 0 Å². The van der Waals surface area contributed by atoms with Gasteiger partial charge in [0, 0.05) is 0 Å². The average Bonchev–Trinajstić information content (AvgIpc) is 2.20. The van der Waals surface area contributed by atoms with Crippen molar-refractivity contribution in [3.05, 3.63) is 29.3 Å². The summed E-state index contributed by atoms with van der Waals surface area (Å²) in [7, 11) is 0. The fourth-order valence-corrected chi connectivity index (χ4v) is 0.963. The highest BCUT2D eigenvalue weighted by Gasteiger charge is 2.14. The minimum atomic E-state index is -0.953. The van der Waals surface area contributed by atoms with Gasteiger partial charge in [-0.1, -0.05) is 26.0 Å². The zero-order chi connectivity index (χ0) is 11.1. The standard InChI is InChI=1S/C8H8O4.C2H6/c1-5-3-2-4-6(9)7(5)8(10)12-11;1-2/h2-4,9,11H,1H3;1-2H3. The van der Waals surface area contributed by atoms with Gasteiger partial charge in [-0.25, -0.2) is 4.79 Å². The molecule has 0 aliphatic carbocycles. The molecule has 0 aromatic heterocycles. The summed E-state index contributed by atoms with van der Waals surface area (Å²) in [6.07, 6.45) is 0. The molecule has 0 bridgehead atoms. The van der Waals surface area contributed by atoms with Crippen LogP contribution in [0.15, 0.2) is 18.2 Å². The van der Waals surface area contributed by atoms with E-state index in [9.17, 15) is 9.90 Å². The van der Waals surface area contributed by atoms with Crippen molar-refractivity contribution < 1.29 is 20.0 Å². The van der Waals surface area contributed by atoms with Crippen molar-refractivity contribution in [2.75, 3.05) is 0 Å². The van der Waals surface area contributed by atoms with Gasteiger partial charge >= 0.3 is 5.97 Å². The fraction of sp³-hybridized carbons (Fsp3) is 0.300. The van der Waals surface area contributed by atoms with Crippen molar-refractivity contribution in [2.45, 2.75) is 20.8 Å². The lowest BCUT2D eigenvalue weighted by atomic mass is 10.1. The Kier molecular flexibility index (Phi) is 5.33. The van der Waals surface area contributed by atoms with E-state index in [-0.39, 0.29) is 11.3 Å². The van der Waals surface area contributed by atoms with Crippen molar-refractivity contribution in [1.82, 2.24) is 0 Å². The summed E-state index contributed by atoms with van der Waals surface area (Å²) in [5.41, 5.74) is 0.536. The molecule has 4 heteroatoms. The van der Waals surface area contributed by atoms with Crippen LogP contribution in [-0.2, 0) is 4.89 Å². The number of aryl methyl sites for hydroxylation is 1. The minimum Gasteiger partial charge on any atom is -0.507 e. The van der Waals surface area contributed by atoms with E-state index in [2.05, 4.69) is 4.89 Å². The highest BCUT2D eigenvalue weighted by molar-refractivity contribution is 5.93. The molecular weight excluding hydrogens is 184 g/mol. The number of hydrogen-bond donors (Lipinski definition) is 2. The molecule has 1 rings (SSSR count). The predicted molar refractivity (Wildman–Crippen MR) is 52.2 cm³/mol. The largest absolute Gasteiger partial charge is 0.507 e. The smallest absolute Gasteiger partial charge is 0.376 e. The average molecular weight is 198 g/mol. The van der Waals surface area contributed by atoms with Crippen molar-refractivity contribution in [1.29, 1.82) is 0 Å². The first-order chi connectivity index (χ1) is 6.66. The summed E-state index contributed by atoms with van der Waals surface area (Å²) in [5.74, 6) is -1.15. The highest BCUT2D eigenvalue weighted by Crippen LogP contribution is 2.20. The van der Waals surface area contributed by atoms with Crippen LogP contribution < -0.4 is 0 Å². The van der Waals surface area contributed by atoms with Crippen molar-refractivity contribution in [2.24, 2.45) is 0 Å². The van der Waals surface area contributed by atoms with Gasteiger partial charge in [0.05, 0.1) is 0 Å². The van der Waals surface area contributed by atoms with Gasteiger partial charge in [0.1, 0.15) is 11.3 Å². The number of benzene rings is 1. The molecule has 0 saturated carbocycles. The third-order valence-electron chi connectivity index (χ3n) is 1.54. The maximum atomic E-state index is 10.8. The molecule has 0 saturated heterocycles. The first-order valence-electron chi connectivity index (χ1n) is 4.31. The molecule has 0 radical (unpaired) electrons.